The van der Waals surface area contributed by atoms with E-state index in [1.807, 2.05) is 29.2 Å². The minimum atomic E-state index is -0.345. The molecule has 0 radical (unpaired) electrons. The van der Waals surface area contributed by atoms with E-state index in [4.69, 9.17) is 4.74 Å². The summed E-state index contributed by atoms with van der Waals surface area (Å²) in [7, 11) is 0. The fourth-order valence-electron chi connectivity index (χ4n) is 4.87. The van der Waals surface area contributed by atoms with E-state index >= 15 is 0 Å². The number of carbonyl (C=O) groups is 1. The average Bonchev–Trinajstić information content (AvgIpc) is 3.29. The molecule has 184 valence electrons. The van der Waals surface area contributed by atoms with Crippen LogP contribution in [-0.2, 0) is 19.5 Å². The zero-order valence-electron chi connectivity index (χ0n) is 20.1. The van der Waals surface area contributed by atoms with Crippen LogP contribution in [0.4, 0.5) is 4.39 Å². The van der Waals surface area contributed by atoms with Crippen molar-refractivity contribution in [3.05, 3.63) is 71.9 Å². The molecule has 2 aliphatic rings. The van der Waals surface area contributed by atoms with E-state index in [1.165, 1.54) is 6.42 Å². The molecule has 0 bridgehead atoms. The number of nitrogens with zero attached hydrogens (tertiary/aromatic N) is 5. The van der Waals surface area contributed by atoms with Crippen molar-refractivity contribution in [2.45, 2.75) is 44.9 Å². The van der Waals surface area contributed by atoms with E-state index in [0.717, 1.165) is 53.5 Å². The third-order valence-corrected chi connectivity index (χ3v) is 7.18. The normalized spacial score (nSPS) is 16.0. The predicted molar refractivity (Wildman–Crippen MR) is 135 cm³/mol. The monoisotopic (exact) mass is 485 g/mol. The summed E-state index contributed by atoms with van der Waals surface area (Å²) in [6, 6.07) is 11.7. The first-order chi connectivity index (χ1) is 17.7. The highest BCUT2D eigenvalue weighted by molar-refractivity contribution is 5.98. The third-order valence-electron chi connectivity index (χ3n) is 7.18. The van der Waals surface area contributed by atoms with Crippen LogP contribution in [0.1, 0.15) is 41.0 Å². The van der Waals surface area contributed by atoms with Crippen molar-refractivity contribution in [3.8, 4) is 17.0 Å². The van der Waals surface area contributed by atoms with Gasteiger partial charge in [-0.1, -0.05) is 12.1 Å². The molecular formula is C28H28FN5O2. The topological polar surface area (TPSA) is 73.1 Å². The summed E-state index contributed by atoms with van der Waals surface area (Å²) in [6.07, 6.45) is 9.02. The lowest BCUT2D eigenvalue weighted by molar-refractivity contribution is 0.0986. The lowest BCUT2D eigenvalue weighted by Gasteiger charge is -2.27. The molecule has 1 aliphatic heterocycles. The van der Waals surface area contributed by atoms with Gasteiger partial charge in [-0.2, -0.15) is 5.10 Å². The third kappa shape index (κ3) is 4.60. The van der Waals surface area contributed by atoms with E-state index < -0.39 is 0 Å². The first kappa shape index (κ1) is 22.8. The Bertz CT molecular complexity index is 1410. The number of carbonyl (C=O) groups excluding carboxylic acids is 1. The highest BCUT2D eigenvalue weighted by Crippen LogP contribution is 2.30. The highest BCUT2D eigenvalue weighted by Gasteiger charge is 2.22. The number of rotatable bonds is 8. The van der Waals surface area contributed by atoms with Crippen molar-refractivity contribution in [1.29, 1.82) is 0 Å². The fourth-order valence-corrected chi connectivity index (χ4v) is 4.87. The molecule has 1 aromatic carbocycles. The summed E-state index contributed by atoms with van der Waals surface area (Å²) in [6.45, 7) is 2.36. The second-order valence-corrected chi connectivity index (χ2v) is 9.58. The Hall–Kier alpha value is -3.65. The molecule has 3 aromatic heterocycles. The van der Waals surface area contributed by atoms with Crippen LogP contribution in [0.25, 0.3) is 21.9 Å². The van der Waals surface area contributed by atoms with Gasteiger partial charge in [0.25, 0.3) is 0 Å². The van der Waals surface area contributed by atoms with Gasteiger partial charge < -0.3 is 4.74 Å². The summed E-state index contributed by atoms with van der Waals surface area (Å²) in [5.74, 6) is 0.494. The van der Waals surface area contributed by atoms with Gasteiger partial charge in [0.2, 0.25) is 5.88 Å². The molecule has 0 amide bonds. The summed E-state index contributed by atoms with van der Waals surface area (Å²) in [4.78, 5) is 23.9. The van der Waals surface area contributed by atoms with Gasteiger partial charge in [0, 0.05) is 60.3 Å². The van der Waals surface area contributed by atoms with Crippen molar-refractivity contribution in [2.75, 3.05) is 19.8 Å². The Kier molecular flexibility index (Phi) is 6.19. The first-order valence-corrected chi connectivity index (χ1v) is 12.5. The number of Topliss-reactive ketones (excluding diaryl/α,β-unsaturated/α-hetero) is 1. The fraction of sp³-hybridized carbons (Fsp3) is 0.357. The van der Waals surface area contributed by atoms with Gasteiger partial charge in [0.15, 0.2) is 5.78 Å². The Labute approximate surface area is 208 Å². The second kappa shape index (κ2) is 9.78. The number of ether oxygens (including phenoxy) is 1. The van der Waals surface area contributed by atoms with Crippen molar-refractivity contribution in [1.82, 2.24) is 24.6 Å². The molecule has 4 aromatic rings. The standard InChI is InChI=1S/C28H28FN5O2/c29-7-9-33-10-11-34-26(18-33)25(17-32-34)19-4-5-21-16-31-23(13-22(21)12-19)15-27(35)20-6-8-30-28(14-20)36-24-2-1-3-24/h4-6,8,12-14,16-17,24H,1-3,7,9-11,15,18H2. The molecular weight excluding hydrogens is 457 g/mol. The maximum atomic E-state index is 13.0. The Morgan fingerprint density at radius 3 is 2.81 bits per heavy atom. The number of halogens is 1. The van der Waals surface area contributed by atoms with E-state index in [0.29, 0.717) is 30.2 Å². The number of hydrogen-bond acceptors (Lipinski definition) is 6. The molecule has 0 saturated heterocycles. The average molecular weight is 486 g/mol. The molecule has 8 heteroatoms. The molecule has 1 saturated carbocycles. The van der Waals surface area contributed by atoms with E-state index in [1.54, 1.807) is 18.3 Å². The molecule has 0 unspecified atom stereocenters. The molecule has 1 aliphatic carbocycles. The van der Waals surface area contributed by atoms with Crippen LogP contribution in [0.3, 0.4) is 0 Å². The summed E-state index contributed by atoms with van der Waals surface area (Å²) < 4.78 is 20.8. The highest BCUT2D eigenvalue weighted by atomic mass is 19.1. The molecule has 7 nitrogen and oxygen atoms in total. The zero-order chi connectivity index (χ0) is 24.5. The molecule has 36 heavy (non-hydrogen) atoms. The minimum Gasteiger partial charge on any atom is -0.474 e. The van der Waals surface area contributed by atoms with Crippen LogP contribution in [0.5, 0.6) is 5.88 Å². The number of benzene rings is 1. The smallest absolute Gasteiger partial charge is 0.214 e. The number of hydrogen-bond donors (Lipinski definition) is 0. The number of aromatic nitrogens is 4. The van der Waals surface area contributed by atoms with E-state index in [9.17, 15) is 9.18 Å². The molecule has 4 heterocycles. The lowest BCUT2D eigenvalue weighted by atomic mass is 9.96. The van der Waals surface area contributed by atoms with Crippen LogP contribution in [0.2, 0.25) is 0 Å². The van der Waals surface area contributed by atoms with E-state index in [-0.39, 0.29) is 25.0 Å². The van der Waals surface area contributed by atoms with Gasteiger partial charge in [0.1, 0.15) is 12.8 Å². The predicted octanol–water partition coefficient (Wildman–Crippen LogP) is 4.64. The van der Waals surface area contributed by atoms with Crippen molar-refractivity contribution < 1.29 is 13.9 Å². The Balaban J connectivity index is 1.23. The minimum absolute atomic E-state index is 0.0162. The summed E-state index contributed by atoms with van der Waals surface area (Å²) in [5, 5.41) is 6.58. The second-order valence-electron chi connectivity index (χ2n) is 9.58. The molecule has 0 spiro atoms. The van der Waals surface area contributed by atoms with Gasteiger partial charge in [-0.3, -0.25) is 19.4 Å². The van der Waals surface area contributed by atoms with Gasteiger partial charge in [-0.15, -0.1) is 0 Å². The van der Waals surface area contributed by atoms with Crippen LogP contribution in [0, 0.1) is 0 Å². The molecule has 6 rings (SSSR count). The SMILES string of the molecule is O=C(Cc1cc2cc(-c3cnn4c3CN(CCF)CC4)ccc2cn1)c1ccnc(OC2CCC2)c1. The largest absolute Gasteiger partial charge is 0.474 e. The molecule has 0 atom stereocenters. The molecule has 1 fully saturated rings. The number of fused-ring (bicyclic) bond motifs is 2. The Morgan fingerprint density at radius 1 is 1.06 bits per heavy atom. The molecule has 0 N–H and O–H groups in total. The maximum absolute atomic E-state index is 13.0. The summed E-state index contributed by atoms with van der Waals surface area (Å²) >= 11 is 0. The van der Waals surface area contributed by atoms with Gasteiger partial charge in [0.05, 0.1) is 24.9 Å². The van der Waals surface area contributed by atoms with Crippen LogP contribution in [-0.4, -0.2) is 56.3 Å². The van der Waals surface area contributed by atoms with Crippen LogP contribution >= 0.6 is 0 Å². The zero-order valence-corrected chi connectivity index (χ0v) is 20.1. The van der Waals surface area contributed by atoms with Crippen molar-refractivity contribution in [3.63, 3.8) is 0 Å². The van der Waals surface area contributed by atoms with Gasteiger partial charge in [-0.25, -0.2) is 9.37 Å². The number of ketones is 1. The maximum Gasteiger partial charge on any atom is 0.214 e. The summed E-state index contributed by atoms with van der Waals surface area (Å²) in [5.41, 5.74) is 4.52. The van der Waals surface area contributed by atoms with Crippen LogP contribution < -0.4 is 4.74 Å². The first-order valence-electron chi connectivity index (χ1n) is 12.5. The lowest BCUT2D eigenvalue weighted by Crippen LogP contribution is -2.35. The quantitative estimate of drug-likeness (QED) is 0.339. The number of pyridine rings is 2. The van der Waals surface area contributed by atoms with Crippen molar-refractivity contribution in [2.24, 2.45) is 0 Å². The number of alkyl halides is 1. The van der Waals surface area contributed by atoms with E-state index in [2.05, 4.69) is 32.1 Å². The van der Waals surface area contributed by atoms with Gasteiger partial charge >= 0.3 is 0 Å². The van der Waals surface area contributed by atoms with Crippen molar-refractivity contribution >= 4 is 16.6 Å². The van der Waals surface area contributed by atoms with Gasteiger partial charge in [-0.05, 0) is 48.4 Å². The Morgan fingerprint density at radius 2 is 1.97 bits per heavy atom. The van der Waals surface area contributed by atoms with Crippen LogP contribution in [0.15, 0.2) is 55.0 Å².